The molecule has 1 aliphatic carbocycles. The molecule has 0 spiro atoms. The van der Waals surface area contributed by atoms with Crippen LogP contribution in [0.5, 0.6) is 0 Å². The molecule has 13 heavy (non-hydrogen) atoms. The van der Waals surface area contributed by atoms with E-state index in [4.69, 9.17) is 4.74 Å². The Balaban J connectivity index is 1.93. The van der Waals surface area contributed by atoms with Crippen molar-refractivity contribution in [2.75, 3.05) is 26.8 Å². The SMILES string of the molecule is CNCC1(C2CCCCC2)COC1. The van der Waals surface area contributed by atoms with E-state index in [2.05, 4.69) is 12.4 Å². The van der Waals surface area contributed by atoms with Gasteiger partial charge in [-0.2, -0.15) is 0 Å². The summed E-state index contributed by atoms with van der Waals surface area (Å²) in [6.45, 7) is 3.15. The molecule has 2 rings (SSSR count). The summed E-state index contributed by atoms with van der Waals surface area (Å²) in [4.78, 5) is 0. The minimum Gasteiger partial charge on any atom is -0.380 e. The van der Waals surface area contributed by atoms with Gasteiger partial charge in [0.05, 0.1) is 13.2 Å². The van der Waals surface area contributed by atoms with Gasteiger partial charge < -0.3 is 10.1 Å². The molecule has 1 saturated heterocycles. The van der Waals surface area contributed by atoms with E-state index in [-0.39, 0.29) is 0 Å². The van der Waals surface area contributed by atoms with Crippen LogP contribution >= 0.6 is 0 Å². The Morgan fingerprint density at radius 3 is 2.38 bits per heavy atom. The maximum Gasteiger partial charge on any atom is 0.0559 e. The predicted octanol–water partition coefficient (Wildman–Crippen LogP) is 1.80. The average molecular weight is 183 g/mol. The highest BCUT2D eigenvalue weighted by Gasteiger charge is 2.44. The Hall–Kier alpha value is -0.0800. The Labute approximate surface area is 81.0 Å². The number of hydrogen-bond acceptors (Lipinski definition) is 2. The summed E-state index contributed by atoms with van der Waals surface area (Å²) < 4.78 is 5.40. The Bertz CT molecular complexity index is 159. The van der Waals surface area contributed by atoms with Crippen molar-refractivity contribution >= 4 is 0 Å². The van der Waals surface area contributed by atoms with Gasteiger partial charge in [0.2, 0.25) is 0 Å². The van der Waals surface area contributed by atoms with Gasteiger partial charge in [0, 0.05) is 12.0 Å². The molecule has 1 N–H and O–H groups in total. The molecule has 0 amide bonds. The van der Waals surface area contributed by atoms with Crippen LogP contribution in [0.15, 0.2) is 0 Å². The van der Waals surface area contributed by atoms with Crippen LogP contribution in [0.2, 0.25) is 0 Å². The Morgan fingerprint density at radius 1 is 1.23 bits per heavy atom. The van der Waals surface area contributed by atoms with Crippen LogP contribution in [0.1, 0.15) is 32.1 Å². The summed E-state index contributed by atoms with van der Waals surface area (Å²) >= 11 is 0. The Morgan fingerprint density at radius 2 is 1.92 bits per heavy atom. The minimum atomic E-state index is 0.509. The van der Waals surface area contributed by atoms with Crippen LogP contribution in [0.3, 0.4) is 0 Å². The molecule has 1 aliphatic heterocycles. The van der Waals surface area contributed by atoms with E-state index in [9.17, 15) is 0 Å². The molecule has 0 aromatic rings. The van der Waals surface area contributed by atoms with E-state index in [1.54, 1.807) is 0 Å². The van der Waals surface area contributed by atoms with Gasteiger partial charge in [-0.3, -0.25) is 0 Å². The first-order chi connectivity index (χ1) is 6.37. The summed E-state index contributed by atoms with van der Waals surface area (Å²) in [5, 5.41) is 3.33. The predicted molar refractivity (Wildman–Crippen MR) is 53.8 cm³/mol. The van der Waals surface area contributed by atoms with Crippen LogP contribution in [-0.4, -0.2) is 26.8 Å². The molecule has 76 valence electrons. The van der Waals surface area contributed by atoms with Gasteiger partial charge in [0.15, 0.2) is 0 Å². The topological polar surface area (TPSA) is 21.3 Å². The summed E-state index contributed by atoms with van der Waals surface area (Å²) in [5.41, 5.74) is 0.509. The molecular weight excluding hydrogens is 162 g/mol. The van der Waals surface area contributed by atoms with Crippen molar-refractivity contribution in [1.29, 1.82) is 0 Å². The molecule has 0 atom stereocenters. The zero-order valence-electron chi connectivity index (χ0n) is 8.64. The average Bonchev–Trinajstić information content (AvgIpc) is 2.13. The molecule has 0 bridgehead atoms. The highest BCUT2D eigenvalue weighted by Crippen LogP contribution is 2.43. The van der Waals surface area contributed by atoms with Crippen LogP contribution in [0.4, 0.5) is 0 Å². The lowest BCUT2D eigenvalue weighted by Crippen LogP contribution is -2.54. The van der Waals surface area contributed by atoms with Crippen LogP contribution in [0, 0.1) is 11.3 Å². The van der Waals surface area contributed by atoms with Crippen molar-refractivity contribution in [1.82, 2.24) is 5.32 Å². The van der Waals surface area contributed by atoms with Gasteiger partial charge in [0.25, 0.3) is 0 Å². The van der Waals surface area contributed by atoms with Crippen molar-refractivity contribution in [2.24, 2.45) is 11.3 Å². The summed E-state index contributed by atoms with van der Waals surface area (Å²) in [6.07, 6.45) is 7.20. The molecule has 2 heteroatoms. The van der Waals surface area contributed by atoms with Crippen molar-refractivity contribution in [2.45, 2.75) is 32.1 Å². The molecule has 0 aromatic heterocycles. The molecule has 2 nitrogen and oxygen atoms in total. The molecule has 0 radical (unpaired) electrons. The first kappa shape index (κ1) is 9.47. The van der Waals surface area contributed by atoms with Crippen LogP contribution in [-0.2, 0) is 4.74 Å². The monoisotopic (exact) mass is 183 g/mol. The fourth-order valence-electron chi connectivity index (χ4n) is 2.91. The van der Waals surface area contributed by atoms with Crippen LogP contribution < -0.4 is 5.32 Å². The second-order valence-electron chi connectivity index (χ2n) is 4.72. The Kier molecular flexibility index (Phi) is 2.89. The second kappa shape index (κ2) is 3.97. The van der Waals surface area contributed by atoms with E-state index >= 15 is 0 Å². The second-order valence-corrected chi connectivity index (χ2v) is 4.72. The normalized spacial score (nSPS) is 28.4. The van der Waals surface area contributed by atoms with Crippen molar-refractivity contribution < 1.29 is 4.74 Å². The van der Waals surface area contributed by atoms with Gasteiger partial charge in [-0.1, -0.05) is 19.3 Å². The third-order valence-electron chi connectivity index (χ3n) is 3.78. The van der Waals surface area contributed by atoms with Gasteiger partial charge in [-0.05, 0) is 25.8 Å². The van der Waals surface area contributed by atoms with Gasteiger partial charge in [0.1, 0.15) is 0 Å². The van der Waals surface area contributed by atoms with E-state index < -0.39 is 0 Å². The van der Waals surface area contributed by atoms with Crippen molar-refractivity contribution in [3.8, 4) is 0 Å². The molecule has 2 fully saturated rings. The molecule has 0 unspecified atom stereocenters. The molecular formula is C11H21NO. The molecule has 2 aliphatic rings. The maximum atomic E-state index is 5.40. The van der Waals surface area contributed by atoms with Gasteiger partial charge in [-0.15, -0.1) is 0 Å². The van der Waals surface area contributed by atoms with E-state index in [0.29, 0.717) is 5.41 Å². The number of hydrogen-bond donors (Lipinski definition) is 1. The lowest BCUT2D eigenvalue weighted by Gasteiger charge is -2.48. The number of ether oxygens (including phenoxy) is 1. The maximum absolute atomic E-state index is 5.40. The number of rotatable bonds is 3. The van der Waals surface area contributed by atoms with Gasteiger partial charge in [-0.25, -0.2) is 0 Å². The molecule has 0 aromatic carbocycles. The third kappa shape index (κ3) is 1.75. The zero-order valence-corrected chi connectivity index (χ0v) is 8.64. The summed E-state index contributed by atoms with van der Waals surface area (Å²) in [5.74, 6) is 0.933. The smallest absolute Gasteiger partial charge is 0.0559 e. The van der Waals surface area contributed by atoms with E-state index in [1.807, 2.05) is 0 Å². The minimum absolute atomic E-state index is 0.509. The largest absolute Gasteiger partial charge is 0.380 e. The van der Waals surface area contributed by atoms with Gasteiger partial charge >= 0.3 is 0 Å². The van der Waals surface area contributed by atoms with Crippen molar-refractivity contribution in [3.05, 3.63) is 0 Å². The van der Waals surface area contributed by atoms with E-state index in [0.717, 1.165) is 25.7 Å². The first-order valence-electron chi connectivity index (χ1n) is 5.60. The standard InChI is InChI=1S/C11H21NO/c1-12-7-11(8-13-9-11)10-5-3-2-4-6-10/h10,12H,2-9H2,1H3. The van der Waals surface area contributed by atoms with E-state index in [1.165, 1.54) is 32.1 Å². The lowest BCUT2D eigenvalue weighted by molar-refractivity contribution is -0.149. The number of nitrogens with one attached hydrogen (secondary N) is 1. The zero-order chi connectivity index (χ0) is 9.15. The summed E-state index contributed by atoms with van der Waals surface area (Å²) in [7, 11) is 2.06. The summed E-state index contributed by atoms with van der Waals surface area (Å²) in [6, 6.07) is 0. The molecule has 1 heterocycles. The van der Waals surface area contributed by atoms with Crippen molar-refractivity contribution in [3.63, 3.8) is 0 Å². The van der Waals surface area contributed by atoms with Crippen LogP contribution in [0.25, 0.3) is 0 Å². The molecule has 1 saturated carbocycles. The lowest BCUT2D eigenvalue weighted by atomic mass is 9.67. The highest BCUT2D eigenvalue weighted by molar-refractivity contribution is 4.94. The fraction of sp³-hybridized carbons (Fsp3) is 1.00. The highest BCUT2D eigenvalue weighted by atomic mass is 16.5. The quantitative estimate of drug-likeness (QED) is 0.720. The third-order valence-corrected chi connectivity index (χ3v) is 3.78. The fourth-order valence-corrected chi connectivity index (χ4v) is 2.91. The first-order valence-corrected chi connectivity index (χ1v) is 5.60.